The van der Waals surface area contributed by atoms with Gasteiger partial charge in [-0.05, 0) is 54.6 Å². The second kappa shape index (κ2) is 6.71. The summed E-state index contributed by atoms with van der Waals surface area (Å²) in [5, 5.41) is 22.7. The van der Waals surface area contributed by atoms with E-state index in [-0.39, 0.29) is 22.5 Å². The average molecular weight is 355 g/mol. The molecule has 8 nitrogen and oxygen atoms in total. The van der Waals surface area contributed by atoms with Crippen LogP contribution in [0, 0.1) is 19.7 Å². The lowest BCUT2D eigenvalue weighted by molar-refractivity contribution is 0.0698. The normalized spacial score (nSPS) is 10.6. The number of hydrogen-bond acceptors (Lipinski definition) is 5. The summed E-state index contributed by atoms with van der Waals surface area (Å²) >= 11 is 0. The number of carboxylic acids is 1. The summed E-state index contributed by atoms with van der Waals surface area (Å²) in [5.74, 6) is -2.05. The van der Waals surface area contributed by atoms with Gasteiger partial charge < -0.3 is 10.4 Å². The summed E-state index contributed by atoms with van der Waals surface area (Å²) in [4.78, 5) is 23.9. The topological polar surface area (TPSA) is 110 Å². The largest absolute Gasteiger partial charge is 0.478 e. The van der Waals surface area contributed by atoms with Crippen LogP contribution in [0.25, 0.3) is 5.69 Å². The van der Waals surface area contributed by atoms with Crippen LogP contribution >= 0.6 is 0 Å². The van der Waals surface area contributed by atoms with Crippen LogP contribution in [0.3, 0.4) is 0 Å². The number of aromatic nitrogens is 4. The summed E-state index contributed by atoms with van der Waals surface area (Å²) in [6.45, 7) is 3.38. The Morgan fingerprint density at radius 1 is 1.15 bits per heavy atom. The molecule has 2 N–H and O–H groups in total. The summed E-state index contributed by atoms with van der Waals surface area (Å²) in [7, 11) is 0. The number of benzene rings is 2. The molecule has 1 aromatic heterocycles. The maximum absolute atomic E-state index is 14.0. The van der Waals surface area contributed by atoms with Crippen molar-refractivity contribution in [3.63, 3.8) is 0 Å². The number of hydrogen-bond donors (Lipinski definition) is 2. The van der Waals surface area contributed by atoms with Crippen molar-refractivity contribution in [3.05, 3.63) is 64.7 Å². The zero-order valence-electron chi connectivity index (χ0n) is 13.9. The number of tetrazole rings is 1. The van der Waals surface area contributed by atoms with Crippen LogP contribution < -0.4 is 5.32 Å². The molecule has 26 heavy (non-hydrogen) atoms. The molecule has 2 aromatic carbocycles. The van der Waals surface area contributed by atoms with Gasteiger partial charge in [0, 0.05) is 5.56 Å². The van der Waals surface area contributed by atoms with Gasteiger partial charge in [-0.2, -0.15) is 4.68 Å². The molecule has 1 amide bonds. The van der Waals surface area contributed by atoms with Crippen molar-refractivity contribution in [2.45, 2.75) is 13.8 Å². The second-order valence-corrected chi connectivity index (χ2v) is 5.64. The molecule has 9 heteroatoms. The first-order valence-corrected chi connectivity index (χ1v) is 7.56. The second-order valence-electron chi connectivity index (χ2n) is 5.64. The molecule has 0 aliphatic heterocycles. The number of nitrogens with zero attached hydrogens (tertiary/aromatic N) is 4. The van der Waals surface area contributed by atoms with E-state index in [1.54, 1.807) is 19.9 Å². The third-order valence-electron chi connectivity index (χ3n) is 3.67. The highest BCUT2D eigenvalue weighted by Gasteiger charge is 2.16. The summed E-state index contributed by atoms with van der Waals surface area (Å²) in [5.41, 5.74) is 1.10. The van der Waals surface area contributed by atoms with Gasteiger partial charge >= 0.3 is 5.97 Å². The molecule has 3 rings (SSSR count). The SMILES string of the molecule is Cc1ccc(NC(=O)c2cc(F)cc(-n3nnnc3C)c2)c(C(=O)O)c1. The van der Waals surface area contributed by atoms with Gasteiger partial charge in [0.2, 0.25) is 0 Å². The number of amides is 1. The molecule has 0 radical (unpaired) electrons. The number of nitrogens with one attached hydrogen (secondary N) is 1. The number of anilines is 1. The minimum absolute atomic E-state index is 0.00631. The fraction of sp³-hybridized carbons (Fsp3) is 0.118. The highest BCUT2D eigenvalue weighted by atomic mass is 19.1. The highest BCUT2D eigenvalue weighted by molar-refractivity contribution is 6.08. The molecular formula is C17H14FN5O3. The Morgan fingerprint density at radius 3 is 2.58 bits per heavy atom. The maximum Gasteiger partial charge on any atom is 0.337 e. The average Bonchev–Trinajstić information content (AvgIpc) is 3.01. The van der Waals surface area contributed by atoms with E-state index in [1.807, 2.05) is 0 Å². The number of rotatable bonds is 4. The van der Waals surface area contributed by atoms with Crippen LogP contribution in [0.2, 0.25) is 0 Å². The van der Waals surface area contributed by atoms with Crippen LogP contribution in [0.15, 0.2) is 36.4 Å². The monoisotopic (exact) mass is 355 g/mol. The molecule has 0 saturated carbocycles. The quantitative estimate of drug-likeness (QED) is 0.743. The molecule has 0 spiro atoms. The molecule has 0 fully saturated rings. The van der Waals surface area contributed by atoms with Gasteiger partial charge in [0.1, 0.15) is 5.82 Å². The van der Waals surface area contributed by atoms with Crippen LogP contribution in [0.1, 0.15) is 32.1 Å². The summed E-state index contributed by atoms with van der Waals surface area (Å²) in [6, 6.07) is 8.25. The minimum Gasteiger partial charge on any atom is -0.478 e. The van der Waals surface area contributed by atoms with Gasteiger partial charge in [0.15, 0.2) is 5.82 Å². The fourth-order valence-electron chi connectivity index (χ4n) is 2.44. The molecule has 0 atom stereocenters. The van der Waals surface area contributed by atoms with Crippen molar-refractivity contribution in [1.82, 2.24) is 20.2 Å². The molecule has 0 saturated heterocycles. The van der Waals surface area contributed by atoms with Gasteiger partial charge in [0.25, 0.3) is 5.91 Å². The number of aromatic carboxylic acids is 1. The Bertz CT molecular complexity index is 1020. The maximum atomic E-state index is 14.0. The molecular weight excluding hydrogens is 341 g/mol. The van der Waals surface area contributed by atoms with Crippen molar-refractivity contribution >= 4 is 17.6 Å². The molecule has 0 unspecified atom stereocenters. The van der Waals surface area contributed by atoms with E-state index < -0.39 is 17.7 Å². The minimum atomic E-state index is -1.17. The third-order valence-corrected chi connectivity index (χ3v) is 3.67. The highest BCUT2D eigenvalue weighted by Crippen LogP contribution is 2.20. The van der Waals surface area contributed by atoms with Gasteiger partial charge in [-0.15, -0.1) is 5.10 Å². The zero-order chi connectivity index (χ0) is 18.8. The zero-order valence-corrected chi connectivity index (χ0v) is 13.9. The lowest BCUT2D eigenvalue weighted by Crippen LogP contribution is -2.16. The molecule has 3 aromatic rings. The van der Waals surface area contributed by atoms with Crippen molar-refractivity contribution in [2.24, 2.45) is 0 Å². The van der Waals surface area contributed by atoms with E-state index in [1.165, 1.54) is 28.9 Å². The fourth-order valence-corrected chi connectivity index (χ4v) is 2.44. The Morgan fingerprint density at radius 2 is 1.92 bits per heavy atom. The van der Waals surface area contributed by atoms with Crippen molar-refractivity contribution in [2.75, 3.05) is 5.32 Å². The molecule has 0 bridgehead atoms. The Kier molecular flexibility index (Phi) is 4.44. The molecule has 0 aliphatic carbocycles. The van der Waals surface area contributed by atoms with Gasteiger partial charge in [0.05, 0.1) is 16.9 Å². The van der Waals surface area contributed by atoms with E-state index in [2.05, 4.69) is 20.8 Å². The lowest BCUT2D eigenvalue weighted by atomic mass is 10.1. The van der Waals surface area contributed by atoms with Crippen molar-refractivity contribution < 1.29 is 19.1 Å². The lowest BCUT2D eigenvalue weighted by Gasteiger charge is -2.10. The van der Waals surface area contributed by atoms with Crippen molar-refractivity contribution in [3.8, 4) is 5.69 Å². The summed E-state index contributed by atoms with van der Waals surface area (Å²) < 4.78 is 15.2. The molecule has 0 aliphatic rings. The predicted octanol–water partition coefficient (Wildman–Crippen LogP) is 2.37. The van der Waals surface area contributed by atoms with Gasteiger partial charge in [-0.1, -0.05) is 11.6 Å². The first-order chi connectivity index (χ1) is 12.3. The Hall–Kier alpha value is -3.62. The van der Waals surface area contributed by atoms with E-state index in [9.17, 15) is 19.1 Å². The number of aryl methyl sites for hydroxylation is 2. The smallest absolute Gasteiger partial charge is 0.337 e. The summed E-state index contributed by atoms with van der Waals surface area (Å²) in [6.07, 6.45) is 0. The van der Waals surface area contributed by atoms with Crippen LogP contribution in [0.5, 0.6) is 0 Å². The van der Waals surface area contributed by atoms with E-state index >= 15 is 0 Å². The van der Waals surface area contributed by atoms with Gasteiger partial charge in [-0.3, -0.25) is 4.79 Å². The predicted molar refractivity (Wildman–Crippen MR) is 89.9 cm³/mol. The number of carboxylic acid groups (broad SMARTS) is 1. The first kappa shape index (κ1) is 17.2. The first-order valence-electron chi connectivity index (χ1n) is 7.56. The van der Waals surface area contributed by atoms with Gasteiger partial charge in [-0.25, -0.2) is 9.18 Å². The van der Waals surface area contributed by atoms with E-state index in [4.69, 9.17) is 0 Å². The Balaban J connectivity index is 1.96. The number of halogens is 1. The standard InChI is InChI=1S/C17H14FN5O3/c1-9-3-4-15(14(5-9)17(25)26)19-16(24)11-6-12(18)8-13(7-11)23-10(2)20-21-22-23/h3-8H,1-2H3,(H,19,24)(H,25,26). The van der Waals surface area contributed by atoms with Crippen LogP contribution in [-0.4, -0.2) is 37.2 Å². The third kappa shape index (κ3) is 3.41. The molecule has 132 valence electrons. The van der Waals surface area contributed by atoms with Crippen LogP contribution in [0.4, 0.5) is 10.1 Å². The van der Waals surface area contributed by atoms with E-state index in [0.717, 1.165) is 11.6 Å². The molecule has 1 heterocycles. The number of carbonyl (C=O) groups excluding carboxylic acids is 1. The van der Waals surface area contributed by atoms with Crippen molar-refractivity contribution in [1.29, 1.82) is 0 Å². The van der Waals surface area contributed by atoms with E-state index in [0.29, 0.717) is 5.82 Å². The Labute approximate surface area is 147 Å². The number of carbonyl (C=O) groups is 2. The van der Waals surface area contributed by atoms with Crippen LogP contribution in [-0.2, 0) is 0 Å².